The van der Waals surface area contributed by atoms with E-state index in [9.17, 15) is 19.2 Å². The van der Waals surface area contributed by atoms with Crippen LogP contribution in [0.25, 0.3) is 0 Å². The molecule has 0 heterocycles. The van der Waals surface area contributed by atoms with Gasteiger partial charge >= 0.3 is 23.9 Å². The molecule has 0 aliphatic rings. The fourth-order valence-corrected chi connectivity index (χ4v) is 2.12. The molecule has 2 rings (SSSR count). The van der Waals surface area contributed by atoms with Gasteiger partial charge in [0.1, 0.15) is 13.2 Å². The maximum absolute atomic E-state index is 11.9. The Kier molecular flexibility index (Phi) is 6.05. The number of benzene rings is 2. The number of rotatable bonds is 7. The molecular formula is C18H14O8. The molecule has 2 N–H and O–H groups in total. The van der Waals surface area contributed by atoms with Crippen molar-refractivity contribution < 1.29 is 38.9 Å². The number of hydrogen-bond acceptors (Lipinski definition) is 6. The highest BCUT2D eigenvalue weighted by molar-refractivity contribution is 6.03. The summed E-state index contributed by atoms with van der Waals surface area (Å²) in [5, 5.41) is 18.1. The van der Waals surface area contributed by atoms with E-state index in [1.165, 1.54) is 48.5 Å². The van der Waals surface area contributed by atoms with Crippen LogP contribution in [0, 0.1) is 0 Å². The predicted molar refractivity (Wildman–Crippen MR) is 87.4 cm³/mol. The Morgan fingerprint density at radius 1 is 0.615 bits per heavy atom. The second-order valence-corrected chi connectivity index (χ2v) is 4.97. The van der Waals surface area contributed by atoms with Crippen LogP contribution in [0.15, 0.2) is 48.5 Å². The molecule has 0 atom stereocenters. The number of carboxylic acid groups (broad SMARTS) is 2. The van der Waals surface area contributed by atoms with Crippen LogP contribution < -0.4 is 0 Å². The Labute approximate surface area is 147 Å². The first-order valence-electron chi connectivity index (χ1n) is 7.40. The number of aromatic carboxylic acids is 2. The van der Waals surface area contributed by atoms with E-state index in [0.717, 1.165) is 0 Å². The molecule has 0 aliphatic carbocycles. The summed E-state index contributed by atoms with van der Waals surface area (Å²) in [6.45, 7) is -0.623. The van der Waals surface area contributed by atoms with Crippen LogP contribution in [0.4, 0.5) is 0 Å². The molecular weight excluding hydrogens is 344 g/mol. The largest absolute Gasteiger partial charge is 0.478 e. The number of carboxylic acids is 2. The van der Waals surface area contributed by atoms with Crippen molar-refractivity contribution in [2.45, 2.75) is 0 Å². The first-order valence-corrected chi connectivity index (χ1v) is 7.40. The zero-order chi connectivity index (χ0) is 19.1. The van der Waals surface area contributed by atoms with Gasteiger partial charge < -0.3 is 19.7 Å². The van der Waals surface area contributed by atoms with Crippen LogP contribution in [0.5, 0.6) is 0 Å². The lowest BCUT2D eigenvalue weighted by atomic mass is 10.1. The quantitative estimate of drug-likeness (QED) is 0.569. The molecule has 0 radical (unpaired) electrons. The third kappa shape index (κ3) is 4.44. The Morgan fingerprint density at radius 2 is 0.923 bits per heavy atom. The summed E-state index contributed by atoms with van der Waals surface area (Å²) in [5.41, 5.74) is -0.653. The smallest absolute Gasteiger partial charge is 0.339 e. The van der Waals surface area contributed by atoms with Gasteiger partial charge in [-0.3, -0.25) is 0 Å². The summed E-state index contributed by atoms with van der Waals surface area (Å²) in [5.74, 6) is -4.28. The minimum absolute atomic E-state index is 0.123. The van der Waals surface area contributed by atoms with E-state index < -0.39 is 23.9 Å². The summed E-state index contributed by atoms with van der Waals surface area (Å²) < 4.78 is 9.77. The lowest BCUT2D eigenvalue weighted by Crippen LogP contribution is -2.17. The Hall–Kier alpha value is -3.68. The van der Waals surface area contributed by atoms with Gasteiger partial charge in [0, 0.05) is 0 Å². The molecule has 0 spiro atoms. The van der Waals surface area contributed by atoms with Crippen molar-refractivity contribution in [3.63, 3.8) is 0 Å². The molecule has 0 fully saturated rings. The third-order valence-electron chi connectivity index (χ3n) is 3.30. The van der Waals surface area contributed by atoms with Gasteiger partial charge in [-0.05, 0) is 24.3 Å². The molecule has 26 heavy (non-hydrogen) atoms. The Bertz CT molecular complexity index is 784. The molecule has 0 amide bonds. The molecule has 0 unspecified atom stereocenters. The molecule has 0 bridgehead atoms. The van der Waals surface area contributed by atoms with Gasteiger partial charge in [0.05, 0.1) is 22.3 Å². The Balaban J connectivity index is 1.91. The summed E-state index contributed by atoms with van der Waals surface area (Å²) in [4.78, 5) is 46.0. The van der Waals surface area contributed by atoms with Gasteiger partial charge in [0.2, 0.25) is 0 Å². The highest BCUT2D eigenvalue weighted by atomic mass is 16.6. The predicted octanol–water partition coefficient (Wildman–Crippen LogP) is 2.10. The van der Waals surface area contributed by atoms with Crippen LogP contribution >= 0.6 is 0 Å². The second-order valence-electron chi connectivity index (χ2n) is 4.97. The third-order valence-corrected chi connectivity index (χ3v) is 3.30. The molecule has 0 aliphatic heterocycles. The second kappa shape index (κ2) is 8.43. The average molecular weight is 358 g/mol. The van der Waals surface area contributed by atoms with Gasteiger partial charge in [0.15, 0.2) is 0 Å². The summed E-state index contributed by atoms with van der Waals surface area (Å²) in [6, 6.07) is 11.1. The van der Waals surface area contributed by atoms with Crippen molar-refractivity contribution in [2.24, 2.45) is 0 Å². The maximum atomic E-state index is 11.9. The molecule has 0 saturated carbocycles. The van der Waals surface area contributed by atoms with Gasteiger partial charge in [-0.2, -0.15) is 0 Å². The zero-order valence-corrected chi connectivity index (χ0v) is 13.4. The van der Waals surface area contributed by atoms with Crippen LogP contribution in [0.3, 0.4) is 0 Å². The fourth-order valence-electron chi connectivity index (χ4n) is 2.12. The normalized spacial score (nSPS) is 10.0. The van der Waals surface area contributed by atoms with E-state index in [4.69, 9.17) is 19.7 Å². The number of hydrogen-bond donors (Lipinski definition) is 2. The highest BCUT2D eigenvalue weighted by Gasteiger charge is 2.19. The summed E-state index contributed by atoms with van der Waals surface area (Å²) in [7, 11) is 0. The van der Waals surface area contributed by atoms with E-state index in [-0.39, 0.29) is 35.5 Å². The Morgan fingerprint density at radius 3 is 1.23 bits per heavy atom. The maximum Gasteiger partial charge on any atom is 0.339 e. The van der Waals surface area contributed by atoms with Gasteiger partial charge in [-0.1, -0.05) is 24.3 Å². The van der Waals surface area contributed by atoms with Crippen molar-refractivity contribution in [3.05, 3.63) is 70.8 Å². The number of ether oxygens (including phenoxy) is 2. The van der Waals surface area contributed by atoms with E-state index >= 15 is 0 Å². The van der Waals surface area contributed by atoms with E-state index in [2.05, 4.69) is 0 Å². The molecule has 8 nitrogen and oxygen atoms in total. The van der Waals surface area contributed by atoms with Gasteiger partial charge in [-0.25, -0.2) is 19.2 Å². The van der Waals surface area contributed by atoms with Gasteiger partial charge in [-0.15, -0.1) is 0 Å². The molecule has 134 valence electrons. The van der Waals surface area contributed by atoms with E-state index in [0.29, 0.717) is 0 Å². The van der Waals surface area contributed by atoms with Gasteiger partial charge in [0.25, 0.3) is 0 Å². The van der Waals surface area contributed by atoms with Crippen molar-refractivity contribution in [2.75, 3.05) is 13.2 Å². The molecule has 2 aromatic rings. The summed E-state index contributed by atoms with van der Waals surface area (Å²) in [6.07, 6.45) is 0. The number of carbonyl (C=O) groups excluding carboxylic acids is 2. The first-order chi connectivity index (χ1) is 12.4. The molecule has 8 heteroatoms. The molecule has 0 saturated heterocycles. The van der Waals surface area contributed by atoms with Crippen LogP contribution in [0.2, 0.25) is 0 Å². The average Bonchev–Trinajstić information content (AvgIpc) is 2.64. The van der Waals surface area contributed by atoms with Crippen molar-refractivity contribution in [1.29, 1.82) is 0 Å². The van der Waals surface area contributed by atoms with Crippen molar-refractivity contribution in [3.8, 4) is 0 Å². The van der Waals surface area contributed by atoms with Crippen molar-refractivity contribution >= 4 is 23.9 Å². The molecule has 0 aromatic heterocycles. The lowest BCUT2D eigenvalue weighted by molar-refractivity contribution is 0.0262. The zero-order valence-electron chi connectivity index (χ0n) is 13.4. The highest BCUT2D eigenvalue weighted by Crippen LogP contribution is 2.12. The SMILES string of the molecule is O=C(O)c1ccccc1C(=O)OCCOC(=O)c1ccccc1C(=O)O. The standard InChI is InChI=1S/C18H14O8/c19-15(20)11-5-1-3-7-13(11)17(23)25-9-10-26-18(24)14-8-4-2-6-12(14)16(21)22/h1-8H,9-10H2,(H,19,20)(H,21,22). The summed E-state index contributed by atoms with van der Waals surface area (Å²) >= 11 is 0. The number of esters is 2. The lowest BCUT2D eigenvalue weighted by Gasteiger charge is -2.09. The van der Waals surface area contributed by atoms with Crippen LogP contribution in [0.1, 0.15) is 41.4 Å². The van der Waals surface area contributed by atoms with Crippen LogP contribution in [-0.4, -0.2) is 47.3 Å². The topological polar surface area (TPSA) is 127 Å². The molecule has 2 aromatic carbocycles. The van der Waals surface area contributed by atoms with Crippen molar-refractivity contribution in [1.82, 2.24) is 0 Å². The first kappa shape index (κ1) is 18.7. The fraction of sp³-hybridized carbons (Fsp3) is 0.111. The van der Waals surface area contributed by atoms with E-state index in [1.807, 2.05) is 0 Å². The van der Waals surface area contributed by atoms with E-state index in [1.54, 1.807) is 0 Å². The minimum atomic E-state index is -1.27. The number of carbonyl (C=O) groups is 4. The van der Waals surface area contributed by atoms with Crippen LogP contribution in [-0.2, 0) is 9.47 Å². The monoisotopic (exact) mass is 358 g/mol. The minimum Gasteiger partial charge on any atom is -0.478 e.